The maximum atomic E-state index is 13.8. The minimum Gasteiger partial charge on any atom is -0.393 e. The number of ether oxygens (including phenoxy) is 1. The third kappa shape index (κ3) is 4.11. The van der Waals surface area contributed by atoms with E-state index >= 15 is 0 Å². The van der Waals surface area contributed by atoms with Crippen LogP contribution in [0, 0.1) is 5.92 Å². The van der Waals surface area contributed by atoms with Crippen LogP contribution in [0.2, 0.25) is 0 Å². The lowest BCUT2D eigenvalue weighted by atomic mass is 9.97. The summed E-state index contributed by atoms with van der Waals surface area (Å²) in [5, 5.41) is 9.57. The highest BCUT2D eigenvalue weighted by Gasteiger charge is 2.39. The highest BCUT2D eigenvalue weighted by atomic mass is 19.3. The zero-order valence-electron chi connectivity index (χ0n) is 10.6. The molecule has 0 heterocycles. The number of halogens is 2. The summed E-state index contributed by atoms with van der Waals surface area (Å²) in [6.45, 7) is 0.260. The first-order chi connectivity index (χ1) is 9.08. The molecule has 0 saturated carbocycles. The van der Waals surface area contributed by atoms with Gasteiger partial charge in [0.25, 0.3) is 5.92 Å². The Morgan fingerprint density at radius 2 is 2.00 bits per heavy atom. The van der Waals surface area contributed by atoms with E-state index in [1.54, 1.807) is 0 Å². The molecule has 0 radical (unpaired) electrons. The highest BCUT2D eigenvalue weighted by Crippen LogP contribution is 2.33. The van der Waals surface area contributed by atoms with E-state index in [4.69, 9.17) is 4.74 Å². The predicted molar refractivity (Wildman–Crippen MR) is 68.9 cm³/mol. The van der Waals surface area contributed by atoms with Crippen molar-refractivity contribution in [1.82, 2.24) is 0 Å². The lowest BCUT2D eigenvalue weighted by Gasteiger charge is -2.24. The molecule has 1 aliphatic rings. The Bertz CT molecular complexity index is 417. The molecule has 0 fully saturated rings. The molecule has 2 atom stereocenters. The van der Waals surface area contributed by atoms with Crippen LogP contribution >= 0.6 is 0 Å². The Morgan fingerprint density at radius 1 is 1.26 bits per heavy atom. The molecule has 0 aromatic heterocycles. The van der Waals surface area contributed by atoms with Crippen molar-refractivity contribution in [2.75, 3.05) is 6.61 Å². The van der Waals surface area contributed by atoms with Crippen LogP contribution in [0.5, 0.6) is 0 Å². The predicted octanol–water partition coefficient (Wildman–Crippen LogP) is 3.17. The van der Waals surface area contributed by atoms with Gasteiger partial charge in [-0.3, -0.25) is 0 Å². The van der Waals surface area contributed by atoms with E-state index in [0.29, 0.717) is 6.61 Å². The topological polar surface area (TPSA) is 29.5 Å². The summed E-state index contributed by atoms with van der Waals surface area (Å²) in [5.74, 6) is -3.88. The second kappa shape index (κ2) is 6.26. The quantitative estimate of drug-likeness (QED) is 0.850. The van der Waals surface area contributed by atoms with Gasteiger partial charge in [0.15, 0.2) is 0 Å². The fourth-order valence-corrected chi connectivity index (χ4v) is 2.17. The summed E-state index contributed by atoms with van der Waals surface area (Å²) < 4.78 is 32.9. The number of hydrogen-bond donors (Lipinski definition) is 1. The number of alkyl halides is 2. The van der Waals surface area contributed by atoms with Gasteiger partial charge in [0.05, 0.1) is 25.2 Å². The zero-order valence-corrected chi connectivity index (χ0v) is 10.6. The summed E-state index contributed by atoms with van der Waals surface area (Å²) in [4.78, 5) is 0. The Kier molecular flexibility index (Phi) is 4.66. The monoisotopic (exact) mass is 268 g/mol. The van der Waals surface area contributed by atoms with Gasteiger partial charge in [0.2, 0.25) is 0 Å². The minimum atomic E-state index is -2.91. The fourth-order valence-electron chi connectivity index (χ4n) is 2.17. The number of rotatable bonds is 4. The van der Waals surface area contributed by atoms with Crippen molar-refractivity contribution >= 4 is 0 Å². The largest absolute Gasteiger partial charge is 0.393 e. The number of aliphatic hydroxyl groups excluding tert-OH is 1. The van der Waals surface area contributed by atoms with Crippen molar-refractivity contribution in [1.29, 1.82) is 0 Å². The Hall–Kier alpha value is -1.26. The highest BCUT2D eigenvalue weighted by molar-refractivity contribution is 5.13. The van der Waals surface area contributed by atoms with Crippen LogP contribution in [-0.2, 0) is 11.3 Å². The molecule has 4 heteroatoms. The molecule has 2 unspecified atom stereocenters. The van der Waals surface area contributed by atoms with Gasteiger partial charge in [0, 0.05) is 0 Å². The second-order valence-electron chi connectivity index (χ2n) is 4.90. The van der Waals surface area contributed by atoms with E-state index in [0.717, 1.165) is 11.6 Å². The second-order valence-corrected chi connectivity index (χ2v) is 4.90. The average molecular weight is 268 g/mol. The first-order valence-corrected chi connectivity index (χ1v) is 6.43. The summed E-state index contributed by atoms with van der Waals surface area (Å²) >= 11 is 0. The third-order valence-electron chi connectivity index (χ3n) is 3.28. The van der Waals surface area contributed by atoms with Crippen molar-refractivity contribution in [3.05, 3.63) is 48.0 Å². The molecular weight excluding hydrogens is 250 g/mol. The van der Waals surface area contributed by atoms with Gasteiger partial charge in [-0.15, -0.1) is 0 Å². The van der Waals surface area contributed by atoms with Gasteiger partial charge in [0.1, 0.15) is 0 Å². The minimum absolute atomic E-state index is 0.0523. The van der Waals surface area contributed by atoms with Crippen molar-refractivity contribution < 1.29 is 18.6 Å². The SMILES string of the molecule is OC1CC=CC(F)(F)C(COCc2ccccc2)C1. The van der Waals surface area contributed by atoms with Crippen LogP contribution in [-0.4, -0.2) is 23.7 Å². The van der Waals surface area contributed by atoms with Crippen LogP contribution in [0.3, 0.4) is 0 Å². The third-order valence-corrected chi connectivity index (χ3v) is 3.28. The molecule has 0 amide bonds. The zero-order chi connectivity index (χ0) is 13.7. The van der Waals surface area contributed by atoms with Crippen LogP contribution in [0.25, 0.3) is 0 Å². The summed E-state index contributed by atoms with van der Waals surface area (Å²) in [7, 11) is 0. The summed E-state index contributed by atoms with van der Waals surface area (Å²) in [5.41, 5.74) is 0.954. The smallest absolute Gasteiger partial charge is 0.271 e. The van der Waals surface area contributed by atoms with Gasteiger partial charge in [-0.05, 0) is 24.5 Å². The molecule has 1 aromatic rings. The van der Waals surface area contributed by atoms with Crippen molar-refractivity contribution in [2.45, 2.75) is 31.5 Å². The van der Waals surface area contributed by atoms with Gasteiger partial charge in [-0.25, -0.2) is 8.78 Å². The molecule has 1 aliphatic carbocycles. The maximum Gasteiger partial charge on any atom is 0.271 e. The van der Waals surface area contributed by atoms with Gasteiger partial charge in [-0.1, -0.05) is 36.4 Å². The maximum absolute atomic E-state index is 13.8. The van der Waals surface area contributed by atoms with E-state index in [2.05, 4.69) is 0 Å². The first kappa shape index (κ1) is 14.2. The number of benzene rings is 1. The van der Waals surface area contributed by atoms with Crippen LogP contribution < -0.4 is 0 Å². The molecule has 19 heavy (non-hydrogen) atoms. The van der Waals surface area contributed by atoms with E-state index < -0.39 is 17.9 Å². The van der Waals surface area contributed by atoms with Crippen LogP contribution in [0.15, 0.2) is 42.5 Å². The standard InChI is InChI=1S/C15H18F2O2/c16-15(17)8-4-7-14(18)9-13(15)11-19-10-12-5-2-1-3-6-12/h1-6,8,13-14,18H,7,9-11H2. The molecule has 2 nitrogen and oxygen atoms in total. The molecule has 1 aromatic carbocycles. The Balaban J connectivity index is 1.88. The van der Waals surface area contributed by atoms with Crippen LogP contribution in [0.4, 0.5) is 8.78 Å². The lowest BCUT2D eigenvalue weighted by molar-refractivity contribution is -0.0654. The Labute approximate surface area is 111 Å². The van der Waals surface area contributed by atoms with E-state index in [1.807, 2.05) is 30.3 Å². The normalized spacial score (nSPS) is 26.1. The van der Waals surface area contributed by atoms with E-state index in [1.165, 1.54) is 6.08 Å². The molecule has 2 rings (SSSR count). The van der Waals surface area contributed by atoms with Crippen molar-refractivity contribution in [3.63, 3.8) is 0 Å². The molecule has 0 spiro atoms. The van der Waals surface area contributed by atoms with Gasteiger partial charge < -0.3 is 9.84 Å². The summed E-state index contributed by atoms with van der Waals surface area (Å²) in [6.07, 6.45) is 1.87. The number of allylic oxidation sites excluding steroid dienone is 1. The molecule has 0 aliphatic heterocycles. The molecule has 1 N–H and O–H groups in total. The first-order valence-electron chi connectivity index (χ1n) is 6.43. The van der Waals surface area contributed by atoms with Crippen molar-refractivity contribution in [3.8, 4) is 0 Å². The Morgan fingerprint density at radius 3 is 2.74 bits per heavy atom. The molecule has 0 bridgehead atoms. The molecule has 104 valence electrons. The van der Waals surface area contributed by atoms with Gasteiger partial charge in [-0.2, -0.15) is 0 Å². The molecule has 0 saturated heterocycles. The fraction of sp³-hybridized carbons (Fsp3) is 0.467. The van der Waals surface area contributed by atoms with Crippen LogP contribution in [0.1, 0.15) is 18.4 Å². The van der Waals surface area contributed by atoms with Crippen molar-refractivity contribution in [2.24, 2.45) is 5.92 Å². The van der Waals surface area contributed by atoms with E-state index in [-0.39, 0.29) is 19.4 Å². The number of aliphatic hydroxyl groups is 1. The van der Waals surface area contributed by atoms with E-state index in [9.17, 15) is 13.9 Å². The summed E-state index contributed by atoms with van der Waals surface area (Å²) in [6, 6.07) is 9.43. The number of hydrogen-bond acceptors (Lipinski definition) is 2. The lowest BCUT2D eigenvalue weighted by Crippen LogP contribution is -2.31. The van der Waals surface area contributed by atoms with Gasteiger partial charge >= 0.3 is 0 Å². The average Bonchev–Trinajstić information content (AvgIpc) is 2.50. The molecular formula is C15H18F2O2.